The lowest BCUT2D eigenvalue weighted by atomic mass is 10.3. The molecule has 0 saturated carbocycles. The van der Waals surface area contributed by atoms with Crippen LogP contribution in [0.2, 0.25) is 0 Å². The molecular formula is C9H11FINO. The van der Waals surface area contributed by atoms with Gasteiger partial charge in [-0.1, -0.05) is 6.07 Å². The van der Waals surface area contributed by atoms with E-state index in [1.807, 2.05) is 28.7 Å². The van der Waals surface area contributed by atoms with Crippen LogP contribution in [0.5, 0.6) is 0 Å². The molecule has 1 aromatic carbocycles. The molecule has 0 heterocycles. The first kappa shape index (κ1) is 10.7. The smallest absolute Gasteiger partial charge is 0.138 e. The van der Waals surface area contributed by atoms with E-state index in [2.05, 4.69) is 5.32 Å². The molecule has 0 spiro atoms. The van der Waals surface area contributed by atoms with Gasteiger partial charge in [0.1, 0.15) is 5.82 Å². The minimum atomic E-state index is -0.192. The van der Waals surface area contributed by atoms with E-state index in [1.165, 1.54) is 6.07 Å². The van der Waals surface area contributed by atoms with Gasteiger partial charge in [0.2, 0.25) is 0 Å². The number of benzene rings is 1. The molecule has 0 radical (unpaired) electrons. The zero-order valence-electron chi connectivity index (χ0n) is 7.31. The molecule has 1 N–H and O–H groups in total. The van der Waals surface area contributed by atoms with Gasteiger partial charge in [0, 0.05) is 13.7 Å². The highest BCUT2D eigenvalue weighted by molar-refractivity contribution is 14.1. The molecule has 0 fully saturated rings. The number of hydrogen-bond donors (Lipinski definition) is 1. The van der Waals surface area contributed by atoms with Crippen LogP contribution in [0.4, 0.5) is 10.1 Å². The maximum atomic E-state index is 13.0. The first-order valence-corrected chi connectivity index (χ1v) is 5.00. The summed E-state index contributed by atoms with van der Waals surface area (Å²) in [5.41, 5.74) is 0.817. The molecule has 1 rings (SSSR count). The second-order valence-corrected chi connectivity index (χ2v) is 3.60. The Kier molecular flexibility index (Phi) is 4.44. The quantitative estimate of drug-likeness (QED) is 0.680. The van der Waals surface area contributed by atoms with Gasteiger partial charge in [0.15, 0.2) is 0 Å². The van der Waals surface area contributed by atoms with E-state index in [4.69, 9.17) is 4.74 Å². The summed E-state index contributed by atoms with van der Waals surface area (Å²) in [7, 11) is 1.64. The van der Waals surface area contributed by atoms with E-state index < -0.39 is 0 Å². The molecule has 0 saturated heterocycles. The largest absolute Gasteiger partial charge is 0.383 e. The molecule has 13 heavy (non-hydrogen) atoms. The number of anilines is 1. The summed E-state index contributed by atoms with van der Waals surface area (Å²) in [5.74, 6) is -0.192. The molecule has 0 unspecified atom stereocenters. The number of halogens is 2. The fourth-order valence-electron chi connectivity index (χ4n) is 0.928. The Hall–Kier alpha value is -0.360. The Morgan fingerprint density at radius 2 is 2.31 bits per heavy atom. The Morgan fingerprint density at radius 1 is 1.54 bits per heavy atom. The lowest BCUT2D eigenvalue weighted by Gasteiger charge is -2.07. The van der Waals surface area contributed by atoms with Crippen LogP contribution in [-0.4, -0.2) is 20.3 Å². The van der Waals surface area contributed by atoms with Gasteiger partial charge in [0.05, 0.1) is 15.9 Å². The van der Waals surface area contributed by atoms with E-state index in [-0.39, 0.29) is 5.82 Å². The van der Waals surface area contributed by atoms with Crippen LogP contribution in [0, 0.1) is 9.39 Å². The van der Waals surface area contributed by atoms with Crippen LogP contribution in [0.3, 0.4) is 0 Å². The molecule has 2 nitrogen and oxygen atoms in total. The van der Waals surface area contributed by atoms with Crippen LogP contribution in [0.1, 0.15) is 0 Å². The van der Waals surface area contributed by atoms with Crippen LogP contribution in [-0.2, 0) is 4.74 Å². The third kappa shape index (κ3) is 3.11. The maximum Gasteiger partial charge on any atom is 0.138 e. The summed E-state index contributed by atoms with van der Waals surface area (Å²) in [5, 5.41) is 3.08. The van der Waals surface area contributed by atoms with E-state index in [0.717, 1.165) is 5.69 Å². The Bertz CT molecular complexity index is 280. The van der Waals surface area contributed by atoms with Crippen molar-refractivity contribution in [2.75, 3.05) is 25.6 Å². The summed E-state index contributed by atoms with van der Waals surface area (Å²) in [6, 6.07) is 4.98. The second-order valence-electron chi connectivity index (χ2n) is 2.52. The van der Waals surface area contributed by atoms with Gasteiger partial charge < -0.3 is 10.1 Å². The summed E-state index contributed by atoms with van der Waals surface area (Å²) in [4.78, 5) is 0. The number of rotatable bonds is 4. The van der Waals surface area contributed by atoms with Crippen molar-refractivity contribution in [3.8, 4) is 0 Å². The van der Waals surface area contributed by atoms with Gasteiger partial charge in [-0.05, 0) is 34.7 Å². The highest BCUT2D eigenvalue weighted by Crippen LogP contribution is 2.20. The minimum absolute atomic E-state index is 0.192. The van der Waals surface area contributed by atoms with E-state index >= 15 is 0 Å². The van der Waals surface area contributed by atoms with Crippen molar-refractivity contribution >= 4 is 28.3 Å². The molecule has 0 bridgehead atoms. The highest BCUT2D eigenvalue weighted by Gasteiger charge is 2.02. The van der Waals surface area contributed by atoms with Crippen LogP contribution in [0.25, 0.3) is 0 Å². The average molecular weight is 295 g/mol. The van der Waals surface area contributed by atoms with Gasteiger partial charge in [-0.15, -0.1) is 0 Å². The molecule has 0 aliphatic heterocycles. The third-order valence-electron chi connectivity index (χ3n) is 1.57. The van der Waals surface area contributed by atoms with E-state index in [9.17, 15) is 4.39 Å². The zero-order chi connectivity index (χ0) is 9.68. The Labute approximate surface area is 90.6 Å². The van der Waals surface area contributed by atoms with Crippen molar-refractivity contribution in [3.05, 3.63) is 27.6 Å². The Balaban J connectivity index is 2.61. The first-order valence-electron chi connectivity index (χ1n) is 3.92. The molecule has 4 heteroatoms. The molecular weight excluding hydrogens is 284 g/mol. The summed E-state index contributed by atoms with van der Waals surface area (Å²) < 4.78 is 18.5. The molecule has 1 aromatic rings. The summed E-state index contributed by atoms with van der Waals surface area (Å²) >= 11 is 1.98. The monoisotopic (exact) mass is 295 g/mol. The van der Waals surface area contributed by atoms with Crippen molar-refractivity contribution in [3.63, 3.8) is 0 Å². The normalized spacial score (nSPS) is 10.1. The van der Waals surface area contributed by atoms with E-state index in [0.29, 0.717) is 16.7 Å². The fraction of sp³-hybridized carbons (Fsp3) is 0.333. The molecule has 0 aromatic heterocycles. The van der Waals surface area contributed by atoms with Gasteiger partial charge in [0.25, 0.3) is 0 Å². The second kappa shape index (κ2) is 5.39. The third-order valence-corrected chi connectivity index (χ3v) is 2.67. The van der Waals surface area contributed by atoms with Crippen molar-refractivity contribution in [2.24, 2.45) is 0 Å². The highest BCUT2D eigenvalue weighted by atomic mass is 127. The predicted octanol–water partition coefficient (Wildman–Crippen LogP) is 2.49. The SMILES string of the molecule is COCCNc1cccc(F)c1I. The van der Waals surface area contributed by atoms with Gasteiger partial charge in [-0.2, -0.15) is 0 Å². The first-order chi connectivity index (χ1) is 6.25. The molecule has 72 valence electrons. The van der Waals surface area contributed by atoms with E-state index in [1.54, 1.807) is 13.2 Å². The Morgan fingerprint density at radius 3 is 3.00 bits per heavy atom. The lowest BCUT2D eigenvalue weighted by molar-refractivity contribution is 0.210. The number of ether oxygens (including phenoxy) is 1. The number of methoxy groups -OCH3 is 1. The standard InChI is InChI=1S/C9H11FINO/c1-13-6-5-12-8-4-2-3-7(10)9(8)11/h2-4,12H,5-6H2,1H3. The van der Waals surface area contributed by atoms with Gasteiger partial charge >= 0.3 is 0 Å². The predicted molar refractivity (Wildman–Crippen MR) is 59.5 cm³/mol. The number of nitrogens with one attached hydrogen (secondary N) is 1. The molecule has 0 aliphatic rings. The van der Waals surface area contributed by atoms with Gasteiger partial charge in [-0.25, -0.2) is 4.39 Å². The topological polar surface area (TPSA) is 21.3 Å². The average Bonchev–Trinajstić information content (AvgIpc) is 2.13. The van der Waals surface area contributed by atoms with Crippen molar-refractivity contribution in [1.82, 2.24) is 0 Å². The van der Waals surface area contributed by atoms with Crippen LogP contribution in [0.15, 0.2) is 18.2 Å². The van der Waals surface area contributed by atoms with Crippen LogP contribution < -0.4 is 5.32 Å². The van der Waals surface area contributed by atoms with Crippen LogP contribution >= 0.6 is 22.6 Å². The lowest BCUT2D eigenvalue weighted by Crippen LogP contribution is -2.08. The zero-order valence-corrected chi connectivity index (χ0v) is 9.47. The van der Waals surface area contributed by atoms with Crippen molar-refractivity contribution < 1.29 is 9.13 Å². The van der Waals surface area contributed by atoms with Crippen molar-refractivity contribution in [1.29, 1.82) is 0 Å². The molecule has 0 amide bonds. The van der Waals surface area contributed by atoms with Gasteiger partial charge in [-0.3, -0.25) is 0 Å². The van der Waals surface area contributed by atoms with Crippen molar-refractivity contribution in [2.45, 2.75) is 0 Å². The number of hydrogen-bond acceptors (Lipinski definition) is 2. The fourth-order valence-corrected chi connectivity index (χ4v) is 1.48. The molecule has 0 aliphatic carbocycles. The molecule has 0 atom stereocenters. The summed E-state index contributed by atoms with van der Waals surface area (Å²) in [6.07, 6.45) is 0. The summed E-state index contributed by atoms with van der Waals surface area (Å²) in [6.45, 7) is 1.31. The minimum Gasteiger partial charge on any atom is -0.383 e. The maximum absolute atomic E-state index is 13.0.